The Bertz CT molecular complexity index is 357. The molecule has 0 N–H and O–H groups in total. The summed E-state index contributed by atoms with van der Waals surface area (Å²) in [5, 5.41) is 0.136. The van der Waals surface area contributed by atoms with E-state index in [1.807, 2.05) is 6.92 Å². The van der Waals surface area contributed by atoms with Gasteiger partial charge in [0.25, 0.3) is 0 Å². The third-order valence-electron chi connectivity index (χ3n) is 4.62. The molecule has 1 rings (SSSR count). The van der Waals surface area contributed by atoms with E-state index in [2.05, 4.69) is 47.4 Å². The number of hydrogen-bond acceptors (Lipinski definition) is 3. The van der Waals surface area contributed by atoms with E-state index in [4.69, 9.17) is 9.16 Å². The maximum Gasteiger partial charge on any atom is 0.311 e. The predicted molar refractivity (Wildman–Crippen MR) is 80.5 cm³/mol. The molecule has 1 saturated heterocycles. The van der Waals surface area contributed by atoms with Crippen LogP contribution >= 0.6 is 0 Å². The second kappa shape index (κ2) is 5.41. The average molecular weight is 284 g/mol. The highest BCUT2D eigenvalue weighted by Crippen LogP contribution is 2.41. The Morgan fingerprint density at radius 1 is 1.32 bits per heavy atom. The molecule has 0 amide bonds. The zero-order valence-corrected chi connectivity index (χ0v) is 14.3. The Morgan fingerprint density at radius 2 is 1.84 bits per heavy atom. The van der Waals surface area contributed by atoms with Crippen molar-refractivity contribution < 1.29 is 14.0 Å². The molecule has 0 saturated carbocycles. The van der Waals surface area contributed by atoms with E-state index in [1.165, 1.54) is 0 Å². The summed E-state index contributed by atoms with van der Waals surface area (Å²) in [6.07, 6.45) is 1.39. The summed E-state index contributed by atoms with van der Waals surface area (Å²) < 4.78 is 11.8. The van der Waals surface area contributed by atoms with Crippen LogP contribution in [0.25, 0.3) is 0 Å². The van der Waals surface area contributed by atoms with Crippen LogP contribution in [0.3, 0.4) is 0 Å². The smallest absolute Gasteiger partial charge is 0.311 e. The second-order valence-corrected chi connectivity index (χ2v) is 11.9. The van der Waals surface area contributed by atoms with Gasteiger partial charge in [-0.05, 0) is 25.1 Å². The summed E-state index contributed by atoms with van der Waals surface area (Å²) in [7, 11) is -1.89. The molecule has 0 bridgehead atoms. The van der Waals surface area contributed by atoms with Gasteiger partial charge in [0.15, 0.2) is 8.32 Å². The van der Waals surface area contributed by atoms with Gasteiger partial charge in [0.2, 0.25) is 0 Å². The summed E-state index contributed by atoms with van der Waals surface area (Å²) in [6.45, 7) is 18.8. The minimum atomic E-state index is -1.89. The first-order valence-corrected chi connectivity index (χ1v) is 9.93. The van der Waals surface area contributed by atoms with E-state index < -0.39 is 8.32 Å². The Morgan fingerprint density at radius 3 is 2.26 bits per heavy atom. The van der Waals surface area contributed by atoms with Gasteiger partial charge in [0.05, 0.1) is 12.0 Å². The number of cyclic esters (lactones) is 1. The van der Waals surface area contributed by atoms with E-state index in [-0.39, 0.29) is 35.1 Å². The molecule has 0 spiro atoms. The van der Waals surface area contributed by atoms with Gasteiger partial charge in [0.1, 0.15) is 6.10 Å². The van der Waals surface area contributed by atoms with Gasteiger partial charge in [-0.3, -0.25) is 4.79 Å². The molecule has 4 atom stereocenters. The van der Waals surface area contributed by atoms with Crippen molar-refractivity contribution in [3.05, 3.63) is 12.7 Å². The Balaban J connectivity index is 2.96. The second-order valence-electron chi connectivity index (χ2n) is 7.13. The molecule has 1 aliphatic heterocycles. The number of ether oxygens (including phenoxy) is 1. The number of hydrogen-bond donors (Lipinski definition) is 0. The standard InChI is InChI=1S/C15H28O3Si/c1-9-12-10(2)13(11(3)14(16)17-12)18-19(7,8)15(4,5)6/h9-13H,1H2,2-8H3/t10-,11+,12+,13-/m0/s1. The van der Waals surface area contributed by atoms with Crippen LogP contribution in [0.5, 0.6) is 0 Å². The Hall–Kier alpha value is -0.613. The Kier molecular flexibility index (Phi) is 4.68. The molecular weight excluding hydrogens is 256 g/mol. The van der Waals surface area contributed by atoms with Gasteiger partial charge < -0.3 is 9.16 Å². The largest absolute Gasteiger partial charge is 0.457 e. The van der Waals surface area contributed by atoms with Crippen molar-refractivity contribution in [2.45, 2.75) is 65.0 Å². The summed E-state index contributed by atoms with van der Waals surface area (Å²) >= 11 is 0. The summed E-state index contributed by atoms with van der Waals surface area (Å²) in [5.41, 5.74) is 0. The zero-order valence-electron chi connectivity index (χ0n) is 13.3. The first-order valence-electron chi connectivity index (χ1n) is 7.02. The van der Waals surface area contributed by atoms with Gasteiger partial charge in [-0.25, -0.2) is 0 Å². The molecule has 3 nitrogen and oxygen atoms in total. The van der Waals surface area contributed by atoms with E-state index in [0.717, 1.165) is 0 Å². The van der Waals surface area contributed by atoms with Crippen molar-refractivity contribution in [1.29, 1.82) is 0 Å². The number of rotatable bonds is 3. The van der Waals surface area contributed by atoms with Crippen LogP contribution in [0.4, 0.5) is 0 Å². The molecule has 0 aromatic rings. The normalized spacial score (nSPS) is 32.9. The highest BCUT2D eigenvalue weighted by atomic mass is 28.4. The third-order valence-corrected chi connectivity index (χ3v) is 9.10. The number of esters is 1. The van der Waals surface area contributed by atoms with E-state index in [1.54, 1.807) is 6.08 Å². The van der Waals surface area contributed by atoms with Gasteiger partial charge in [-0.1, -0.05) is 40.3 Å². The molecule has 1 fully saturated rings. The Labute approximate surface area is 118 Å². The lowest BCUT2D eigenvalue weighted by Crippen LogP contribution is -2.53. The van der Waals surface area contributed by atoms with Crippen LogP contribution in [0.1, 0.15) is 34.6 Å². The van der Waals surface area contributed by atoms with Crippen molar-refractivity contribution in [3.63, 3.8) is 0 Å². The van der Waals surface area contributed by atoms with Crippen molar-refractivity contribution in [1.82, 2.24) is 0 Å². The number of carbonyl (C=O) groups is 1. The minimum Gasteiger partial charge on any atom is -0.457 e. The van der Waals surface area contributed by atoms with E-state index in [0.29, 0.717) is 0 Å². The lowest BCUT2D eigenvalue weighted by Gasteiger charge is -2.45. The fraction of sp³-hybridized carbons (Fsp3) is 0.800. The van der Waals surface area contributed by atoms with Crippen LogP contribution < -0.4 is 0 Å². The molecule has 0 radical (unpaired) electrons. The fourth-order valence-electron chi connectivity index (χ4n) is 2.11. The molecular formula is C15H28O3Si. The summed E-state index contributed by atoms with van der Waals surface area (Å²) in [4.78, 5) is 11.9. The van der Waals surface area contributed by atoms with Crippen LogP contribution in [0.2, 0.25) is 18.1 Å². The van der Waals surface area contributed by atoms with Crippen LogP contribution in [-0.2, 0) is 14.0 Å². The van der Waals surface area contributed by atoms with Crippen molar-refractivity contribution in [2.75, 3.05) is 0 Å². The molecule has 0 aromatic heterocycles. The van der Waals surface area contributed by atoms with Gasteiger partial charge >= 0.3 is 5.97 Å². The first kappa shape index (κ1) is 16.4. The lowest BCUT2D eigenvalue weighted by molar-refractivity contribution is -0.170. The lowest BCUT2D eigenvalue weighted by atomic mass is 9.86. The van der Waals surface area contributed by atoms with Crippen LogP contribution in [-0.4, -0.2) is 26.5 Å². The molecule has 1 heterocycles. The quantitative estimate of drug-likeness (QED) is 0.450. The van der Waals surface area contributed by atoms with E-state index in [9.17, 15) is 4.79 Å². The zero-order chi connectivity index (χ0) is 15.0. The number of carbonyl (C=O) groups excluding carboxylic acids is 1. The predicted octanol–water partition coefficient (Wildman–Crippen LogP) is 3.76. The SMILES string of the molecule is C=C[C@H]1OC(=O)[C@H](C)[C@@H](O[Si](C)(C)C(C)(C)C)[C@H]1C. The van der Waals surface area contributed by atoms with Gasteiger partial charge in [0, 0.05) is 5.92 Å². The summed E-state index contributed by atoms with van der Waals surface area (Å²) in [5.74, 6) is -0.230. The van der Waals surface area contributed by atoms with Crippen molar-refractivity contribution in [3.8, 4) is 0 Å². The topological polar surface area (TPSA) is 35.5 Å². The average Bonchev–Trinajstić information content (AvgIpc) is 2.27. The van der Waals surface area contributed by atoms with Crippen LogP contribution in [0.15, 0.2) is 12.7 Å². The molecule has 0 aliphatic carbocycles. The van der Waals surface area contributed by atoms with Crippen molar-refractivity contribution in [2.24, 2.45) is 11.8 Å². The maximum atomic E-state index is 11.9. The molecule has 0 unspecified atom stereocenters. The highest BCUT2D eigenvalue weighted by molar-refractivity contribution is 6.74. The third kappa shape index (κ3) is 3.29. The fourth-order valence-corrected chi connectivity index (χ4v) is 3.57. The molecule has 1 aliphatic rings. The monoisotopic (exact) mass is 284 g/mol. The van der Waals surface area contributed by atoms with Gasteiger partial charge in [-0.15, -0.1) is 0 Å². The molecule has 110 valence electrons. The van der Waals surface area contributed by atoms with Crippen molar-refractivity contribution >= 4 is 14.3 Å². The molecule has 0 aromatic carbocycles. The maximum absolute atomic E-state index is 11.9. The molecule has 19 heavy (non-hydrogen) atoms. The van der Waals surface area contributed by atoms with Crippen LogP contribution in [0, 0.1) is 11.8 Å². The van der Waals surface area contributed by atoms with Gasteiger partial charge in [-0.2, -0.15) is 0 Å². The highest BCUT2D eigenvalue weighted by Gasteiger charge is 2.47. The summed E-state index contributed by atoms with van der Waals surface area (Å²) in [6, 6.07) is 0. The first-order chi connectivity index (χ1) is 8.51. The molecule has 4 heteroatoms. The van der Waals surface area contributed by atoms with E-state index >= 15 is 0 Å². The minimum absolute atomic E-state index is 0.0786.